The first kappa shape index (κ1) is 13.6. The Bertz CT molecular complexity index is 399. The fraction of sp³-hybridized carbons (Fsp3) is 0.500. The van der Waals surface area contributed by atoms with Gasteiger partial charge in [-0.3, -0.25) is 4.79 Å². The van der Waals surface area contributed by atoms with Gasteiger partial charge in [0.15, 0.2) is 0 Å². The summed E-state index contributed by atoms with van der Waals surface area (Å²) in [5.74, 6) is 0.273. The molecule has 0 radical (unpaired) electrons. The number of benzene rings is 1. The Morgan fingerprint density at radius 2 is 2.06 bits per heavy atom. The maximum absolute atomic E-state index is 12.1. The zero-order valence-electron chi connectivity index (χ0n) is 11.0. The number of phenols is 1. The van der Waals surface area contributed by atoms with Crippen LogP contribution >= 0.6 is 0 Å². The number of amides is 1. The third-order valence-electron chi connectivity index (χ3n) is 3.41. The Labute approximate surface area is 103 Å². The van der Waals surface area contributed by atoms with E-state index < -0.39 is 0 Å². The van der Waals surface area contributed by atoms with Gasteiger partial charge in [0.2, 0.25) is 5.91 Å². The molecule has 1 amide bonds. The van der Waals surface area contributed by atoms with Gasteiger partial charge in [0.25, 0.3) is 0 Å². The van der Waals surface area contributed by atoms with Crippen molar-refractivity contribution < 1.29 is 9.90 Å². The van der Waals surface area contributed by atoms with E-state index in [9.17, 15) is 9.90 Å². The highest BCUT2D eigenvalue weighted by molar-refractivity contribution is 5.79. The minimum absolute atomic E-state index is 0.0717. The second kappa shape index (κ2) is 5.21. The summed E-state index contributed by atoms with van der Waals surface area (Å²) in [6, 6.07) is 6.84. The van der Waals surface area contributed by atoms with Gasteiger partial charge in [0, 0.05) is 12.6 Å². The summed E-state index contributed by atoms with van der Waals surface area (Å²) in [6.07, 6.45) is 1.24. The molecule has 0 aliphatic carbocycles. The fourth-order valence-electron chi connectivity index (χ4n) is 1.53. The van der Waals surface area contributed by atoms with Crippen molar-refractivity contribution in [3.63, 3.8) is 0 Å². The summed E-state index contributed by atoms with van der Waals surface area (Å²) < 4.78 is 0. The van der Waals surface area contributed by atoms with Crippen molar-refractivity contribution in [2.24, 2.45) is 0 Å². The molecule has 0 bridgehead atoms. The molecule has 0 saturated heterocycles. The molecule has 0 spiro atoms. The summed E-state index contributed by atoms with van der Waals surface area (Å²) >= 11 is 0. The van der Waals surface area contributed by atoms with Crippen LogP contribution in [0, 0.1) is 0 Å². The number of hydrogen-bond donors (Lipinski definition) is 1. The molecule has 0 aliphatic heterocycles. The van der Waals surface area contributed by atoms with Crippen LogP contribution in [0.2, 0.25) is 0 Å². The number of carbonyl (C=O) groups is 1. The Morgan fingerprint density at radius 3 is 2.59 bits per heavy atom. The van der Waals surface area contributed by atoms with E-state index in [1.807, 2.05) is 27.0 Å². The van der Waals surface area contributed by atoms with Crippen molar-refractivity contribution in [1.82, 2.24) is 4.90 Å². The van der Waals surface area contributed by atoms with Crippen LogP contribution in [-0.4, -0.2) is 28.5 Å². The first-order valence-corrected chi connectivity index (χ1v) is 5.91. The van der Waals surface area contributed by atoms with Crippen molar-refractivity contribution in [2.45, 2.75) is 39.2 Å². The van der Waals surface area contributed by atoms with Crippen LogP contribution in [-0.2, 0) is 11.2 Å². The molecule has 3 nitrogen and oxygen atoms in total. The standard InChI is InChI=1S/C14H21NO2/c1-5-14(2,3)15(4)13(17)10-11-7-6-8-12(16)9-11/h6-9,16H,5,10H2,1-4H3. The highest BCUT2D eigenvalue weighted by Crippen LogP contribution is 2.18. The van der Waals surface area contributed by atoms with Gasteiger partial charge in [0.1, 0.15) is 5.75 Å². The maximum Gasteiger partial charge on any atom is 0.227 e. The van der Waals surface area contributed by atoms with Crippen LogP contribution in [0.15, 0.2) is 24.3 Å². The van der Waals surface area contributed by atoms with Crippen molar-refractivity contribution in [3.05, 3.63) is 29.8 Å². The topological polar surface area (TPSA) is 40.5 Å². The smallest absolute Gasteiger partial charge is 0.227 e. The molecule has 1 aromatic rings. The Balaban J connectivity index is 2.73. The molecule has 1 N–H and O–H groups in total. The maximum atomic E-state index is 12.1. The van der Waals surface area contributed by atoms with Gasteiger partial charge >= 0.3 is 0 Å². The number of nitrogens with zero attached hydrogens (tertiary/aromatic N) is 1. The minimum Gasteiger partial charge on any atom is -0.508 e. The van der Waals surface area contributed by atoms with E-state index in [0.29, 0.717) is 6.42 Å². The van der Waals surface area contributed by atoms with Gasteiger partial charge in [-0.15, -0.1) is 0 Å². The number of hydrogen-bond acceptors (Lipinski definition) is 2. The fourth-order valence-corrected chi connectivity index (χ4v) is 1.53. The Hall–Kier alpha value is -1.51. The van der Waals surface area contributed by atoms with Gasteiger partial charge in [-0.25, -0.2) is 0 Å². The van der Waals surface area contributed by atoms with E-state index in [2.05, 4.69) is 6.92 Å². The normalized spacial score (nSPS) is 11.3. The van der Waals surface area contributed by atoms with Gasteiger partial charge in [-0.1, -0.05) is 19.1 Å². The van der Waals surface area contributed by atoms with Crippen LogP contribution in [0.25, 0.3) is 0 Å². The average Bonchev–Trinajstić information content (AvgIpc) is 2.28. The molecular weight excluding hydrogens is 214 g/mol. The number of carbonyl (C=O) groups excluding carboxylic acids is 1. The summed E-state index contributed by atoms with van der Waals surface area (Å²) in [5.41, 5.74) is 0.710. The molecule has 17 heavy (non-hydrogen) atoms. The predicted molar refractivity (Wildman–Crippen MR) is 69.0 cm³/mol. The lowest BCUT2D eigenvalue weighted by molar-refractivity contribution is -0.133. The molecule has 0 unspecified atom stereocenters. The second-order valence-electron chi connectivity index (χ2n) is 4.97. The van der Waals surface area contributed by atoms with Crippen LogP contribution in [0.5, 0.6) is 5.75 Å². The first-order chi connectivity index (χ1) is 7.86. The number of aromatic hydroxyl groups is 1. The average molecular weight is 235 g/mol. The molecule has 0 heterocycles. The molecule has 3 heteroatoms. The third-order valence-corrected chi connectivity index (χ3v) is 3.41. The zero-order chi connectivity index (χ0) is 13.1. The van der Waals surface area contributed by atoms with Crippen LogP contribution in [0.3, 0.4) is 0 Å². The Kier molecular flexibility index (Phi) is 4.16. The zero-order valence-corrected chi connectivity index (χ0v) is 11.0. The summed E-state index contributed by atoms with van der Waals surface area (Å²) in [5, 5.41) is 9.35. The highest BCUT2D eigenvalue weighted by atomic mass is 16.3. The van der Waals surface area contributed by atoms with E-state index in [0.717, 1.165) is 12.0 Å². The monoisotopic (exact) mass is 235 g/mol. The molecule has 0 fully saturated rings. The van der Waals surface area contributed by atoms with Crippen molar-refractivity contribution in [1.29, 1.82) is 0 Å². The van der Waals surface area contributed by atoms with E-state index >= 15 is 0 Å². The van der Waals surface area contributed by atoms with Crippen LogP contribution in [0.1, 0.15) is 32.8 Å². The van der Waals surface area contributed by atoms with Gasteiger partial charge in [0.05, 0.1) is 6.42 Å². The highest BCUT2D eigenvalue weighted by Gasteiger charge is 2.25. The SMILES string of the molecule is CCC(C)(C)N(C)C(=O)Cc1cccc(O)c1. The molecule has 0 atom stereocenters. The van der Waals surface area contributed by atoms with Crippen molar-refractivity contribution in [2.75, 3.05) is 7.05 Å². The number of rotatable bonds is 4. The van der Waals surface area contributed by atoms with E-state index in [1.165, 1.54) is 0 Å². The third kappa shape index (κ3) is 3.48. The molecule has 0 saturated carbocycles. The molecule has 1 rings (SSSR count). The Morgan fingerprint density at radius 1 is 1.41 bits per heavy atom. The summed E-state index contributed by atoms with van der Waals surface area (Å²) in [6.45, 7) is 6.17. The lowest BCUT2D eigenvalue weighted by Crippen LogP contribution is -2.45. The molecule has 0 aromatic heterocycles. The summed E-state index contributed by atoms with van der Waals surface area (Å²) in [7, 11) is 1.83. The van der Waals surface area contributed by atoms with Gasteiger partial charge < -0.3 is 10.0 Å². The minimum atomic E-state index is -0.131. The predicted octanol–water partition coefficient (Wildman–Crippen LogP) is 2.58. The van der Waals surface area contributed by atoms with Crippen molar-refractivity contribution >= 4 is 5.91 Å². The first-order valence-electron chi connectivity index (χ1n) is 5.91. The number of likely N-dealkylation sites (N-methyl/N-ethyl adjacent to an activating group) is 1. The van der Waals surface area contributed by atoms with Crippen molar-refractivity contribution in [3.8, 4) is 5.75 Å². The molecule has 0 aliphatic rings. The second-order valence-corrected chi connectivity index (χ2v) is 4.97. The molecule has 1 aromatic carbocycles. The van der Waals surface area contributed by atoms with E-state index in [-0.39, 0.29) is 17.2 Å². The van der Waals surface area contributed by atoms with Gasteiger partial charge in [-0.05, 0) is 38.0 Å². The van der Waals surface area contributed by atoms with E-state index in [4.69, 9.17) is 0 Å². The van der Waals surface area contributed by atoms with Gasteiger partial charge in [-0.2, -0.15) is 0 Å². The lowest BCUT2D eigenvalue weighted by atomic mass is 9.99. The molecule has 94 valence electrons. The lowest BCUT2D eigenvalue weighted by Gasteiger charge is -2.35. The van der Waals surface area contributed by atoms with Crippen LogP contribution < -0.4 is 0 Å². The summed E-state index contributed by atoms with van der Waals surface area (Å²) in [4.78, 5) is 13.8. The molecular formula is C14H21NO2. The van der Waals surface area contributed by atoms with Crippen LogP contribution in [0.4, 0.5) is 0 Å². The number of phenolic OH excluding ortho intramolecular Hbond substituents is 1. The largest absolute Gasteiger partial charge is 0.508 e. The quantitative estimate of drug-likeness (QED) is 0.871. The van der Waals surface area contributed by atoms with E-state index in [1.54, 1.807) is 23.1 Å².